The van der Waals surface area contributed by atoms with Gasteiger partial charge in [0.2, 0.25) is 0 Å². The molecule has 0 saturated heterocycles. The van der Waals surface area contributed by atoms with Gasteiger partial charge >= 0.3 is 5.97 Å². The van der Waals surface area contributed by atoms with Crippen LogP contribution in [0.5, 0.6) is 0 Å². The monoisotopic (exact) mass is 237 g/mol. The fourth-order valence-corrected chi connectivity index (χ4v) is 2.08. The van der Waals surface area contributed by atoms with Crippen molar-refractivity contribution in [2.45, 2.75) is 6.92 Å². The molecule has 6 heteroatoms. The third kappa shape index (κ3) is 2.46. The summed E-state index contributed by atoms with van der Waals surface area (Å²) in [4.78, 5) is 16.5. The van der Waals surface area contributed by atoms with Gasteiger partial charge in [0.1, 0.15) is 17.4 Å². The Kier molecular flexibility index (Phi) is 3.00. The molecule has 1 N–H and O–H groups in total. The number of nitrogens with zero attached hydrogens (tertiary/aromatic N) is 3. The first-order valence-electron chi connectivity index (χ1n) is 4.80. The molecule has 0 amide bonds. The van der Waals surface area contributed by atoms with Gasteiger partial charge in [-0.2, -0.15) is 4.37 Å². The highest BCUT2D eigenvalue weighted by molar-refractivity contribution is 7.06. The van der Waals surface area contributed by atoms with Crippen LogP contribution in [-0.2, 0) is 4.79 Å². The highest BCUT2D eigenvalue weighted by Crippen LogP contribution is 2.20. The van der Waals surface area contributed by atoms with Crippen LogP contribution in [0.1, 0.15) is 10.8 Å². The Morgan fingerprint density at radius 3 is 3.00 bits per heavy atom. The van der Waals surface area contributed by atoms with Gasteiger partial charge in [0.05, 0.1) is 0 Å². The second kappa shape index (κ2) is 4.44. The van der Waals surface area contributed by atoms with Gasteiger partial charge in [0.25, 0.3) is 0 Å². The van der Waals surface area contributed by atoms with E-state index >= 15 is 0 Å². The standard InChI is InChI=1S/C10H11N3O2S/c1-7-11-10(16-12-7)8-2-4-13(5-3-8)6-9(14)15/h2-4H,5-6H2,1H3,(H,14,15). The molecule has 16 heavy (non-hydrogen) atoms. The van der Waals surface area contributed by atoms with Crippen LogP contribution in [0.3, 0.4) is 0 Å². The summed E-state index contributed by atoms with van der Waals surface area (Å²) < 4.78 is 4.11. The lowest BCUT2D eigenvalue weighted by Gasteiger charge is -2.19. The van der Waals surface area contributed by atoms with Crippen molar-refractivity contribution in [1.82, 2.24) is 14.3 Å². The van der Waals surface area contributed by atoms with Crippen LogP contribution < -0.4 is 0 Å². The molecule has 1 aliphatic heterocycles. The number of aryl methyl sites for hydroxylation is 1. The smallest absolute Gasteiger partial charge is 0.323 e. The van der Waals surface area contributed by atoms with Crippen molar-refractivity contribution in [2.24, 2.45) is 0 Å². The Morgan fingerprint density at radius 2 is 2.50 bits per heavy atom. The molecule has 84 valence electrons. The molecule has 0 saturated carbocycles. The molecule has 0 atom stereocenters. The fourth-order valence-electron chi connectivity index (χ4n) is 1.39. The predicted octanol–water partition coefficient (Wildman–Crippen LogP) is 1.14. The minimum absolute atomic E-state index is 0.0232. The number of hydrogen-bond acceptors (Lipinski definition) is 5. The maximum atomic E-state index is 10.5. The third-order valence-corrected chi connectivity index (χ3v) is 2.98. The van der Waals surface area contributed by atoms with Crippen molar-refractivity contribution in [3.8, 4) is 0 Å². The fraction of sp³-hybridized carbons (Fsp3) is 0.300. The van der Waals surface area contributed by atoms with E-state index < -0.39 is 5.97 Å². The maximum absolute atomic E-state index is 10.5. The summed E-state index contributed by atoms with van der Waals surface area (Å²) in [5, 5.41) is 9.51. The molecule has 0 radical (unpaired) electrons. The molecule has 0 fully saturated rings. The first kappa shape index (κ1) is 10.8. The van der Waals surface area contributed by atoms with E-state index in [1.165, 1.54) is 11.5 Å². The van der Waals surface area contributed by atoms with Gasteiger partial charge in [-0.25, -0.2) is 4.98 Å². The van der Waals surface area contributed by atoms with Crippen LogP contribution in [0.2, 0.25) is 0 Å². The number of carboxylic acid groups (broad SMARTS) is 1. The zero-order valence-corrected chi connectivity index (χ0v) is 9.57. The van der Waals surface area contributed by atoms with Gasteiger partial charge in [0.15, 0.2) is 0 Å². The van der Waals surface area contributed by atoms with E-state index in [9.17, 15) is 4.79 Å². The summed E-state index contributed by atoms with van der Waals surface area (Å²) in [6.07, 6.45) is 5.61. The first-order valence-corrected chi connectivity index (χ1v) is 5.57. The minimum atomic E-state index is -0.826. The summed E-state index contributed by atoms with van der Waals surface area (Å²) in [5.74, 6) is -0.0597. The maximum Gasteiger partial charge on any atom is 0.323 e. The van der Waals surface area contributed by atoms with Gasteiger partial charge in [0, 0.05) is 18.3 Å². The highest BCUT2D eigenvalue weighted by atomic mass is 32.1. The number of carbonyl (C=O) groups is 1. The van der Waals surface area contributed by atoms with Crippen molar-refractivity contribution < 1.29 is 9.90 Å². The van der Waals surface area contributed by atoms with E-state index in [1.807, 2.05) is 19.1 Å². The Labute approximate surface area is 96.9 Å². The van der Waals surface area contributed by atoms with Crippen molar-refractivity contribution >= 4 is 23.1 Å². The largest absolute Gasteiger partial charge is 0.480 e. The zero-order chi connectivity index (χ0) is 11.5. The van der Waals surface area contributed by atoms with Gasteiger partial charge < -0.3 is 10.0 Å². The molecule has 2 heterocycles. The lowest BCUT2D eigenvalue weighted by atomic mass is 10.2. The van der Waals surface area contributed by atoms with E-state index in [1.54, 1.807) is 11.1 Å². The SMILES string of the molecule is Cc1nsc(C2=CCN(CC(=O)O)C=C2)n1. The quantitative estimate of drug-likeness (QED) is 0.854. The van der Waals surface area contributed by atoms with E-state index in [-0.39, 0.29) is 6.54 Å². The number of rotatable bonds is 3. The summed E-state index contributed by atoms with van der Waals surface area (Å²) in [6, 6.07) is 0. The van der Waals surface area contributed by atoms with Gasteiger partial charge in [-0.05, 0) is 24.5 Å². The van der Waals surface area contributed by atoms with E-state index in [0.717, 1.165) is 16.4 Å². The summed E-state index contributed by atoms with van der Waals surface area (Å²) in [5.41, 5.74) is 1.01. The Bertz CT molecular complexity index is 464. The third-order valence-electron chi connectivity index (χ3n) is 2.12. The predicted molar refractivity (Wildman–Crippen MR) is 61.0 cm³/mol. The van der Waals surface area contributed by atoms with Crippen LogP contribution >= 0.6 is 11.5 Å². The molecule has 1 aromatic rings. The molecular formula is C10H11N3O2S. The summed E-state index contributed by atoms with van der Waals surface area (Å²) in [7, 11) is 0. The van der Waals surface area contributed by atoms with Crippen LogP contribution in [-0.4, -0.2) is 38.4 Å². The topological polar surface area (TPSA) is 66.3 Å². The van der Waals surface area contributed by atoms with Crippen molar-refractivity contribution in [2.75, 3.05) is 13.1 Å². The van der Waals surface area contributed by atoms with Crippen LogP contribution in [0.4, 0.5) is 0 Å². The summed E-state index contributed by atoms with van der Waals surface area (Å²) >= 11 is 1.36. The van der Waals surface area contributed by atoms with Crippen molar-refractivity contribution in [1.29, 1.82) is 0 Å². The van der Waals surface area contributed by atoms with E-state index in [4.69, 9.17) is 5.11 Å². The van der Waals surface area contributed by atoms with Crippen molar-refractivity contribution in [3.63, 3.8) is 0 Å². The molecule has 5 nitrogen and oxygen atoms in total. The molecule has 1 aliphatic rings. The Hall–Kier alpha value is -1.69. The molecule has 1 aromatic heterocycles. The second-order valence-corrected chi connectivity index (χ2v) is 4.20. The van der Waals surface area contributed by atoms with Gasteiger partial charge in [-0.15, -0.1) is 0 Å². The number of aliphatic carboxylic acids is 1. The number of hydrogen-bond donors (Lipinski definition) is 1. The average molecular weight is 237 g/mol. The molecule has 0 aliphatic carbocycles. The second-order valence-electron chi connectivity index (χ2n) is 3.45. The van der Waals surface area contributed by atoms with Gasteiger partial charge in [-0.3, -0.25) is 4.79 Å². The van der Waals surface area contributed by atoms with E-state index in [0.29, 0.717) is 6.54 Å². The normalized spacial score (nSPS) is 15.1. The Balaban J connectivity index is 2.04. The molecular weight excluding hydrogens is 226 g/mol. The van der Waals surface area contributed by atoms with Crippen LogP contribution in [0.15, 0.2) is 18.4 Å². The highest BCUT2D eigenvalue weighted by Gasteiger charge is 2.11. The first-order chi connectivity index (χ1) is 7.65. The molecule has 2 rings (SSSR count). The molecule has 0 bridgehead atoms. The zero-order valence-electron chi connectivity index (χ0n) is 8.75. The van der Waals surface area contributed by atoms with E-state index in [2.05, 4.69) is 9.36 Å². The Morgan fingerprint density at radius 1 is 1.69 bits per heavy atom. The lowest BCUT2D eigenvalue weighted by molar-refractivity contribution is -0.137. The molecule has 0 spiro atoms. The average Bonchev–Trinajstić information content (AvgIpc) is 2.65. The van der Waals surface area contributed by atoms with Gasteiger partial charge in [-0.1, -0.05) is 6.08 Å². The number of aromatic nitrogens is 2. The van der Waals surface area contributed by atoms with Crippen LogP contribution in [0.25, 0.3) is 5.57 Å². The summed E-state index contributed by atoms with van der Waals surface area (Å²) in [6.45, 7) is 2.47. The lowest BCUT2D eigenvalue weighted by Crippen LogP contribution is -2.26. The number of allylic oxidation sites excluding steroid dienone is 2. The minimum Gasteiger partial charge on any atom is -0.480 e. The molecule has 0 aromatic carbocycles. The van der Waals surface area contributed by atoms with Crippen LogP contribution in [0, 0.1) is 6.92 Å². The number of carboxylic acids is 1. The van der Waals surface area contributed by atoms with Crippen molar-refractivity contribution in [3.05, 3.63) is 29.2 Å². The molecule has 0 unspecified atom stereocenters.